The minimum atomic E-state index is -0.440. The van der Waals surface area contributed by atoms with Gasteiger partial charge in [-0.05, 0) is 42.8 Å². The number of methoxy groups -OCH3 is 1. The average molecular weight is 354 g/mol. The van der Waals surface area contributed by atoms with Crippen LogP contribution in [0.4, 0.5) is 0 Å². The van der Waals surface area contributed by atoms with Crippen LogP contribution in [0.25, 0.3) is 6.08 Å². The molecular formula is C20H18O6. The third kappa shape index (κ3) is 3.54. The van der Waals surface area contributed by atoms with Crippen LogP contribution in [0.3, 0.4) is 0 Å². The number of benzene rings is 2. The second-order valence-electron chi connectivity index (χ2n) is 5.53. The Labute approximate surface area is 150 Å². The first-order valence-corrected chi connectivity index (χ1v) is 8.09. The Bertz CT molecular complexity index is 897. The molecule has 1 heterocycles. The van der Waals surface area contributed by atoms with E-state index in [2.05, 4.69) is 0 Å². The van der Waals surface area contributed by atoms with Gasteiger partial charge in [0.05, 0.1) is 19.3 Å². The second-order valence-corrected chi connectivity index (χ2v) is 5.53. The maximum atomic E-state index is 12.5. The van der Waals surface area contributed by atoms with Crippen LogP contribution >= 0.6 is 0 Å². The molecule has 1 aliphatic heterocycles. The number of allylic oxidation sites excluding steroid dienone is 1. The predicted octanol–water partition coefficient (Wildman–Crippen LogP) is 3.64. The van der Waals surface area contributed by atoms with Crippen molar-refractivity contribution in [3.05, 3.63) is 53.3 Å². The topological polar surface area (TPSA) is 71.1 Å². The predicted molar refractivity (Wildman–Crippen MR) is 94.8 cm³/mol. The molecule has 0 unspecified atom stereocenters. The lowest BCUT2D eigenvalue weighted by molar-refractivity contribution is -0.132. The van der Waals surface area contributed by atoms with Crippen molar-refractivity contribution in [1.82, 2.24) is 0 Å². The Morgan fingerprint density at radius 2 is 1.96 bits per heavy atom. The van der Waals surface area contributed by atoms with Crippen LogP contribution < -0.4 is 18.9 Å². The molecule has 0 fully saturated rings. The molecule has 2 aromatic carbocycles. The van der Waals surface area contributed by atoms with E-state index in [4.69, 9.17) is 18.9 Å². The maximum Gasteiger partial charge on any atom is 0.308 e. The number of hydrogen-bond acceptors (Lipinski definition) is 6. The molecule has 26 heavy (non-hydrogen) atoms. The zero-order chi connectivity index (χ0) is 18.7. The van der Waals surface area contributed by atoms with Crippen molar-refractivity contribution in [2.45, 2.75) is 13.8 Å². The van der Waals surface area contributed by atoms with E-state index in [1.807, 2.05) is 6.92 Å². The molecule has 0 N–H and O–H groups in total. The SMILES string of the molecule is CCOc1ccc2c(c1)O/C(=C\c1ccc(OC(C)=O)c(OC)c1)C2=O. The van der Waals surface area contributed by atoms with Crippen LogP contribution in [0, 0.1) is 0 Å². The fourth-order valence-corrected chi connectivity index (χ4v) is 2.59. The largest absolute Gasteiger partial charge is 0.494 e. The smallest absolute Gasteiger partial charge is 0.308 e. The Morgan fingerprint density at radius 3 is 2.65 bits per heavy atom. The highest BCUT2D eigenvalue weighted by atomic mass is 16.6. The molecule has 6 heteroatoms. The number of ketones is 1. The fraction of sp³-hybridized carbons (Fsp3) is 0.200. The molecule has 0 amide bonds. The van der Waals surface area contributed by atoms with E-state index in [0.717, 1.165) is 0 Å². The minimum absolute atomic E-state index is 0.203. The van der Waals surface area contributed by atoms with Crippen molar-refractivity contribution in [2.24, 2.45) is 0 Å². The number of hydrogen-bond donors (Lipinski definition) is 0. The van der Waals surface area contributed by atoms with Crippen molar-refractivity contribution in [1.29, 1.82) is 0 Å². The van der Waals surface area contributed by atoms with E-state index in [0.29, 0.717) is 40.7 Å². The molecular weight excluding hydrogens is 336 g/mol. The highest BCUT2D eigenvalue weighted by Crippen LogP contribution is 2.36. The zero-order valence-corrected chi connectivity index (χ0v) is 14.7. The van der Waals surface area contributed by atoms with Gasteiger partial charge < -0.3 is 18.9 Å². The summed E-state index contributed by atoms with van der Waals surface area (Å²) in [6.45, 7) is 3.73. The Hall–Kier alpha value is -3.28. The van der Waals surface area contributed by atoms with Gasteiger partial charge in [0, 0.05) is 13.0 Å². The standard InChI is InChI=1S/C20H18O6/c1-4-24-14-6-7-15-17(11-14)26-19(20(15)22)10-13-5-8-16(25-12(2)21)18(9-13)23-3/h5-11H,4H2,1-3H3/b19-10-. The van der Waals surface area contributed by atoms with Crippen LogP contribution in [0.15, 0.2) is 42.2 Å². The van der Waals surface area contributed by atoms with Gasteiger partial charge in [-0.3, -0.25) is 9.59 Å². The molecule has 0 spiro atoms. The van der Waals surface area contributed by atoms with Gasteiger partial charge in [0.25, 0.3) is 0 Å². The van der Waals surface area contributed by atoms with E-state index in [1.54, 1.807) is 42.5 Å². The summed E-state index contributed by atoms with van der Waals surface area (Å²) < 4.78 is 21.4. The minimum Gasteiger partial charge on any atom is -0.494 e. The lowest BCUT2D eigenvalue weighted by Crippen LogP contribution is -2.03. The maximum absolute atomic E-state index is 12.5. The summed E-state index contributed by atoms with van der Waals surface area (Å²) in [6, 6.07) is 10.1. The van der Waals surface area contributed by atoms with Gasteiger partial charge in [-0.15, -0.1) is 0 Å². The summed E-state index contributed by atoms with van der Waals surface area (Å²) in [4.78, 5) is 23.6. The number of carbonyl (C=O) groups excluding carboxylic acids is 2. The molecule has 0 saturated heterocycles. The van der Waals surface area contributed by atoms with Crippen LogP contribution in [0.5, 0.6) is 23.0 Å². The first-order chi connectivity index (χ1) is 12.5. The Balaban J connectivity index is 1.88. The van der Waals surface area contributed by atoms with Gasteiger partial charge >= 0.3 is 5.97 Å². The van der Waals surface area contributed by atoms with Crippen molar-refractivity contribution in [3.8, 4) is 23.0 Å². The number of carbonyl (C=O) groups is 2. The number of Topliss-reactive ketones (excluding diaryl/α,β-unsaturated/α-hetero) is 1. The van der Waals surface area contributed by atoms with E-state index in [9.17, 15) is 9.59 Å². The molecule has 3 rings (SSSR count). The van der Waals surface area contributed by atoms with Crippen LogP contribution in [-0.2, 0) is 4.79 Å². The van der Waals surface area contributed by atoms with Crippen molar-refractivity contribution >= 4 is 17.8 Å². The van der Waals surface area contributed by atoms with Gasteiger partial charge in [-0.25, -0.2) is 0 Å². The quantitative estimate of drug-likeness (QED) is 0.464. The summed E-state index contributed by atoms with van der Waals surface area (Å²) in [7, 11) is 1.47. The third-order valence-corrected chi connectivity index (χ3v) is 3.69. The molecule has 6 nitrogen and oxygen atoms in total. The lowest BCUT2D eigenvalue weighted by Gasteiger charge is -2.08. The molecule has 0 atom stereocenters. The van der Waals surface area contributed by atoms with Crippen molar-refractivity contribution in [2.75, 3.05) is 13.7 Å². The van der Waals surface area contributed by atoms with Crippen LogP contribution in [-0.4, -0.2) is 25.5 Å². The molecule has 0 saturated carbocycles. The fourth-order valence-electron chi connectivity index (χ4n) is 2.59. The van der Waals surface area contributed by atoms with Crippen molar-refractivity contribution in [3.63, 3.8) is 0 Å². The summed E-state index contributed by atoms with van der Waals surface area (Å²) >= 11 is 0. The molecule has 0 bridgehead atoms. The van der Waals surface area contributed by atoms with E-state index < -0.39 is 5.97 Å². The number of esters is 1. The normalized spacial score (nSPS) is 14.0. The van der Waals surface area contributed by atoms with E-state index in [1.165, 1.54) is 14.0 Å². The average Bonchev–Trinajstić information content (AvgIpc) is 2.91. The number of ether oxygens (including phenoxy) is 4. The first-order valence-electron chi connectivity index (χ1n) is 8.09. The molecule has 0 aromatic heterocycles. The van der Waals surface area contributed by atoms with Crippen molar-refractivity contribution < 1.29 is 28.5 Å². The van der Waals surface area contributed by atoms with E-state index >= 15 is 0 Å². The molecule has 0 radical (unpaired) electrons. The van der Waals surface area contributed by atoms with Gasteiger partial charge in [0.1, 0.15) is 11.5 Å². The summed E-state index contributed by atoms with van der Waals surface area (Å²) in [5, 5.41) is 0. The van der Waals surface area contributed by atoms with Gasteiger partial charge in [0.15, 0.2) is 17.3 Å². The zero-order valence-electron chi connectivity index (χ0n) is 14.7. The lowest BCUT2D eigenvalue weighted by atomic mass is 10.1. The van der Waals surface area contributed by atoms with Gasteiger partial charge in [-0.2, -0.15) is 0 Å². The number of fused-ring (bicyclic) bond motifs is 1. The summed E-state index contributed by atoms with van der Waals surface area (Å²) in [5.41, 5.74) is 1.17. The Morgan fingerprint density at radius 1 is 1.15 bits per heavy atom. The first kappa shape index (κ1) is 17.5. The summed E-state index contributed by atoms with van der Waals surface area (Å²) in [6.07, 6.45) is 1.61. The monoisotopic (exact) mass is 354 g/mol. The molecule has 2 aromatic rings. The second kappa shape index (κ2) is 7.31. The molecule has 0 aliphatic carbocycles. The molecule has 1 aliphatic rings. The van der Waals surface area contributed by atoms with Gasteiger partial charge in [-0.1, -0.05) is 6.07 Å². The van der Waals surface area contributed by atoms with Crippen LogP contribution in [0.2, 0.25) is 0 Å². The highest BCUT2D eigenvalue weighted by molar-refractivity contribution is 6.14. The van der Waals surface area contributed by atoms with Crippen LogP contribution in [0.1, 0.15) is 29.8 Å². The highest BCUT2D eigenvalue weighted by Gasteiger charge is 2.27. The van der Waals surface area contributed by atoms with E-state index in [-0.39, 0.29) is 11.5 Å². The summed E-state index contributed by atoms with van der Waals surface area (Å²) in [5.74, 6) is 1.37. The third-order valence-electron chi connectivity index (χ3n) is 3.69. The van der Waals surface area contributed by atoms with Gasteiger partial charge in [0.2, 0.25) is 5.78 Å². The number of rotatable bonds is 5. The Kier molecular flexibility index (Phi) is 4.93. The molecule has 134 valence electrons.